The number of aryl methyl sites for hydroxylation is 2. The van der Waals surface area contributed by atoms with Gasteiger partial charge >= 0.3 is 0 Å². The molecule has 1 fully saturated rings. The van der Waals surface area contributed by atoms with E-state index < -0.39 is 0 Å². The molecule has 0 bridgehead atoms. The summed E-state index contributed by atoms with van der Waals surface area (Å²) in [6, 6.07) is 5.87. The first-order valence-corrected chi connectivity index (χ1v) is 8.19. The third kappa shape index (κ3) is 2.33. The van der Waals surface area contributed by atoms with Gasteiger partial charge in [-0.25, -0.2) is 0 Å². The fourth-order valence-electron chi connectivity index (χ4n) is 2.54. The number of fused-ring (bicyclic) bond motifs is 1. The summed E-state index contributed by atoms with van der Waals surface area (Å²) in [5.74, 6) is 0.0329. The molecule has 0 aliphatic heterocycles. The molecule has 1 saturated carbocycles. The SMILES string of the molecule is CSC1(CNC(=O)c2ccc3[nH]c(C)c(C)c3c2)CC1. The number of aromatic amines is 1. The van der Waals surface area contributed by atoms with Crippen LogP contribution < -0.4 is 5.32 Å². The van der Waals surface area contributed by atoms with E-state index in [0.29, 0.717) is 4.75 Å². The number of hydrogen-bond donors (Lipinski definition) is 2. The molecule has 106 valence electrons. The van der Waals surface area contributed by atoms with E-state index in [1.54, 1.807) is 0 Å². The molecule has 0 saturated heterocycles. The molecule has 1 aliphatic rings. The zero-order valence-corrected chi connectivity index (χ0v) is 13.0. The Kier molecular flexibility index (Phi) is 3.28. The maximum atomic E-state index is 12.3. The topological polar surface area (TPSA) is 44.9 Å². The lowest BCUT2D eigenvalue weighted by atomic mass is 10.1. The van der Waals surface area contributed by atoms with Crippen molar-refractivity contribution in [3.8, 4) is 0 Å². The summed E-state index contributed by atoms with van der Waals surface area (Å²) in [4.78, 5) is 15.6. The van der Waals surface area contributed by atoms with E-state index in [9.17, 15) is 4.79 Å². The van der Waals surface area contributed by atoms with Crippen molar-refractivity contribution in [3.05, 3.63) is 35.0 Å². The van der Waals surface area contributed by atoms with Crippen LogP contribution in [0.15, 0.2) is 18.2 Å². The van der Waals surface area contributed by atoms with E-state index in [1.165, 1.54) is 18.4 Å². The first-order chi connectivity index (χ1) is 9.54. The monoisotopic (exact) mass is 288 g/mol. The highest BCUT2D eigenvalue weighted by atomic mass is 32.2. The van der Waals surface area contributed by atoms with Crippen molar-refractivity contribution in [2.24, 2.45) is 0 Å². The van der Waals surface area contributed by atoms with E-state index in [-0.39, 0.29) is 5.91 Å². The Labute approximate surface area is 123 Å². The second-order valence-electron chi connectivity index (χ2n) is 5.71. The van der Waals surface area contributed by atoms with E-state index in [0.717, 1.165) is 28.7 Å². The second-order valence-corrected chi connectivity index (χ2v) is 6.98. The molecule has 1 heterocycles. The molecule has 2 aromatic rings. The van der Waals surface area contributed by atoms with E-state index >= 15 is 0 Å². The summed E-state index contributed by atoms with van der Waals surface area (Å²) in [5.41, 5.74) is 4.23. The number of thioether (sulfide) groups is 1. The molecule has 1 aromatic heterocycles. The van der Waals surface area contributed by atoms with Crippen LogP contribution in [-0.2, 0) is 0 Å². The molecule has 3 nitrogen and oxygen atoms in total. The Morgan fingerprint density at radius 2 is 2.15 bits per heavy atom. The summed E-state index contributed by atoms with van der Waals surface area (Å²) in [6.45, 7) is 4.92. The first-order valence-electron chi connectivity index (χ1n) is 6.97. The van der Waals surface area contributed by atoms with Gasteiger partial charge in [-0.3, -0.25) is 4.79 Å². The minimum atomic E-state index is 0.0329. The van der Waals surface area contributed by atoms with Crippen molar-refractivity contribution in [1.29, 1.82) is 0 Å². The summed E-state index contributed by atoms with van der Waals surface area (Å²) in [6.07, 6.45) is 4.55. The third-order valence-corrected chi connectivity index (χ3v) is 5.80. The average Bonchev–Trinajstić information content (AvgIpc) is 3.19. The predicted octanol–water partition coefficient (Wildman–Crippen LogP) is 3.41. The number of H-pyrrole nitrogens is 1. The lowest BCUT2D eigenvalue weighted by molar-refractivity contribution is 0.0953. The molecule has 2 N–H and O–H groups in total. The molecular weight excluding hydrogens is 268 g/mol. The highest BCUT2D eigenvalue weighted by molar-refractivity contribution is 8.00. The van der Waals surface area contributed by atoms with Crippen molar-refractivity contribution >= 4 is 28.6 Å². The number of rotatable bonds is 4. The van der Waals surface area contributed by atoms with E-state index in [4.69, 9.17) is 0 Å². The second kappa shape index (κ2) is 4.85. The Morgan fingerprint density at radius 1 is 1.40 bits per heavy atom. The van der Waals surface area contributed by atoms with Crippen LogP contribution in [0.25, 0.3) is 10.9 Å². The molecule has 0 unspecified atom stereocenters. The molecule has 1 aromatic carbocycles. The smallest absolute Gasteiger partial charge is 0.251 e. The van der Waals surface area contributed by atoms with Crippen LogP contribution in [0.5, 0.6) is 0 Å². The van der Waals surface area contributed by atoms with Crippen molar-refractivity contribution in [3.63, 3.8) is 0 Å². The molecule has 20 heavy (non-hydrogen) atoms. The molecule has 1 aliphatic carbocycles. The van der Waals surface area contributed by atoms with E-state index in [2.05, 4.69) is 30.4 Å². The molecule has 0 spiro atoms. The van der Waals surface area contributed by atoms with Gasteiger partial charge in [0.1, 0.15) is 0 Å². The van der Waals surface area contributed by atoms with Gasteiger partial charge in [-0.2, -0.15) is 11.8 Å². The van der Waals surface area contributed by atoms with Crippen LogP contribution in [0.2, 0.25) is 0 Å². The van der Waals surface area contributed by atoms with Crippen LogP contribution in [-0.4, -0.2) is 28.4 Å². The fraction of sp³-hybridized carbons (Fsp3) is 0.438. The highest BCUT2D eigenvalue weighted by Gasteiger charge is 2.41. The number of carbonyl (C=O) groups is 1. The van der Waals surface area contributed by atoms with Crippen molar-refractivity contribution in [1.82, 2.24) is 10.3 Å². The zero-order valence-electron chi connectivity index (χ0n) is 12.2. The number of benzene rings is 1. The standard InChI is InChI=1S/C16H20N2OS/c1-10-11(2)18-14-5-4-12(8-13(10)14)15(19)17-9-16(20-3)6-7-16/h4-5,8,18H,6-7,9H2,1-3H3,(H,17,19). The molecule has 0 radical (unpaired) electrons. The summed E-state index contributed by atoms with van der Waals surface area (Å²) in [7, 11) is 0. The van der Waals surface area contributed by atoms with Gasteiger partial charge in [0, 0.05) is 33.5 Å². The maximum absolute atomic E-state index is 12.3. The fourth-order valence-corrected chi connectivity index (χ4v) is 3.27. The first kappa shape index (κ1) is 13.6. The quantitative estimate of drug-likeness (QED) is 0.905. The highest BCUT2D eigenvalue weighted by Crippen LogP contribution is 2.46. The number of nitrogens with one attached hydrogen (secondary N) is 2. The minimum absolute atomic E-state index is 0.0329. The van der Waals surface area contributed by atoms with Gasteiger partial charge in [0.05, 0.1) is 0 Å². The zero-order chi connectivity index (χ0) is 14.3. The van der Waals surface area contributed by atoms with Gasteiger partial charge in [0.2, 0.25) is 0 Å². The van der Waals surface area contributed by atoms with Gasteiger partial charge in [0.15, 0.2) is 0 Å². The molecular formula is C16H20N2OS. The van der Waals surface area contributed by atoms with Gasteiger partial charge in [-0.15, -0.1) is 0 Å². The third-order valence-electron chi connectivity index (χ3n) is 4.38. The molecule has 0 atom stereocenters. The number of aromatic nitrogens is 1. The minimum Gasteiger partial charge on any atom is -0.358 e. The van der Waals surface area contributed by atoms with Crippen LogP contribution in [0.3, 0.4) is 0 Å². The number of hydrogen-bond acceptors (Lipinski definition) is 2. The van der Waals surface area contributed by atoms with Crippen molar-refractivity contribution in [2.45, 2.75) is 31.4 Å². The summed E-state index contributed by atoms with van der Waals surface area (Å²) >= 11 is 1.86. The summed E-state index contributed by atoms with van der Waals surface area (Å²) < 4.78 is 0.306. The number of carbonyl (C=O) groups excluding carboxylic acids is 1. The van der Waals surface area contributed by atoms with Gasteiger partial charge in [-0.05, 0) is 56.7 Å². The van der Waals surface area contributed by atoms with Gasteiger partial charge in [0.25, 0.3) is 5.91 Å². The molecule has 4 heteroatoms. The van der Waals surface area contributed by atoms with E-state index in [1.807, 2.05) is 30.0 Å². The maximum Gasteiger partial charge on any atom is 0.251 e. The average molecular weight is 288 g/mol. The lowest BCUT2D eigenvalue weighted by Crippen LogP contribution is -2.31. The lowest BCUT2D eigenvalue weighted by Gasteiger charge is -2.13. The van der Waals surface area contributed by atoms with Gasteiger partial charge < -0.3 is 10.3 Å². The number of amides is 1. The normalized spacial score (nSPS) is 16.4. The van der Waals surface area contributed by atoms with Crippen LogP contribution in [0.4, 0.5) is 0 Å². The molecule has 3 rings (SSSR count). The Bertz CT molecular complexity index is 670. The Hall–Kier alpha value is -1.42. The Balaban J connectivity index is 1.79. The van der Waals surface area contributed by atoms with Crippen LogP contribution >= 0.6 is 11.8 Å². The largest absolute Gasteiger partial charge is 0.358 e. The van der Waals surface area contributed by atoms with Crippen LogP contribution in [0.1, 0.15) is 34.5 Å². The summed E-state index contributed by atoms with van der Waals surface area (Å²) in [5, 5.41) is 4.21. The predicted molar refractivity (Wildman–Crippen MR) is 85.6 cm³/mol. The Morgan fingerprint density at radius 3 is 2.80 bits per heavy atom. The van der Waals surface area contributed by atoms with Crippen molar-refractivity contribution in [2.75, 3.05) is 12.8 Å². The van der Waals surface area contributed by atoms with Crippen molar-refractivity contribution < 1.29 is 4.79 Å². The van der Waals surface area contributed by atoms with Gasteiger partial charge in [-0.1, -0.05) is 0 Å². The van der Waals surface area contributed by atoms with Crippen LogP contribution in [0, 0.1) is 13.8 Å². The molecule has 1 amide bonds.